The lowest BCUT2D eigenvalue weighted by Gasteiger charge is -2.47. The van der Waals surface area contributed by atoms with Gasteiger partial charge in [-0.25, -0.2) is 4.99 Å². The number of rotatable bonds is 4. The van der Waals surface area contributed by atoms with Gasteiger partial charge in [-0.1, -0.05) is 54.7 Å². The molecule has 1 fully saturated rings. The average Bonchev–Trinajstić information content (AvgIpc) is 3.08. The lowest BCUT2D eigenvalue weighted by molar-refractivity contribution is -0.115. The first kappa shape index (κ1) is 24.5. The molecule has 0 saturated carbocycles. The van der Waals surface area contributed by atoms with Crippen LogP contribution in [0.2, 0.25) is 15.1 Å². The third-order valence-corrected chi connectivity index (χ3v) is 8.09. The Kier molecular flexibility index (Phi) is 7.07. The molecule has 4 rings (SSSR count). The number of halogens is 3. The van der Waals surface area contributed by atoms with Crippen LogP contribution in [0.3, 0.4) is 0 Å². The van der Waals surface area contributed by atoms with Crippen LogP contribution in [0, 0.1) is 0 Å². The minimum Gasteiger partial charge on any atom is -0.366 e. The van der Waals surface area contributed by atoms with Crippen LogP contribution in [0.1, 0.15) is 57.6 Å². The Hall–Kier alpha value is -1.66. The molecule has 1 saturated heterocycles. The molecule has 0 spiro atoms. The molecule has 2 aromatic rings. The van der Waals surface area contributed by atoms with Crippen molar-refractivity contribution >= 4 is 75.1 Å². The summed E-state index contributed by atoms with van der Waals surface area (Å²) in [4.78, 5) is 20.1. The van der Waals surface area contributed by atoms with E-state index in [1.54, 1.807) is 18.2 Å². The molecule has 8 heteroatoms. The molecule has 1 amide bonds. The number of nitrogens with one attached hydrogen (secondary N) is 1. The summed E-state index contributed by atoms with van der Waals surface area (Å²) in [6, 6.07) is 9.39. The van der Waals surface area contributed by atoms with Crippen molar-refractivity contribution in [3.05, 3.63) is 61.4 Å². The highest BCUT2D eigenvalue weighted by Gasteiger charge is 2.36. The predicted octanol–water partition coefficient (Wildman–Crippen LogP) is 8.04. The van der Waals surface area contributed by atoms with Gasteiger partial charge in [0.25, 0.3) is 5.91 Å². The lowest BCUT2D eigenvalue weighted by atomic mass is 9.79. The molecule has 2 aliphatic heterocycles. The highest BCUT2D eigenvalue weighted by Crippen LogP contribution is 2.46. The second-order valence-electron chi connectivity index (χ2n) is 9.06. The third-order valence-electron chi connectivity index (χ3n) is 6.04. The van der Waals surface area contributed by atoms with Crippen LogP contribution in [0.15, 0.2) is 40.2 Å². The summed E-state index contributed by atoms with van der Waals surface area (Å²) in [7, 11) is 0. The zero-order valence-corrected chi connectivity index (χ0v) is 22.1. The van der Waals surface area contributed by atoms with E-state index in [1.165, 1.54) is 23.0 Å². The fourth-order valence-corrected chi connectivity index (χ4v) is 5.96. The van der Waals surface area contributed by atoms with E-state index in [0.29, 0.717) is 36.7 Å². The summed E-state index contributed by atoms with van der Waals surface area (Å²) >= 11 is 20.3. The van der Waals surface area contributed by atoms with E-state index in [0.717, 1.165) is 24.9 Å². The Morgan fingerprint density at radius 3 is 2.73 bits per heavy atom. The van der Waals surface area contributed by atoms with Crippen LogP contribution >= 0.6 is 46.6 Å². The molecule has 4 nitrogen and oxygen atoms in total. The lowest BCUT2D eigenvalue weighted by Crippen LogP contribution is -2.48. The second-order valence-corrected chi connectivity index (χ2v) is 11.3. The van der Waals surface area contributed by atoms with Gasteiger partial charge in [-0.3, -0.25) is 4.79 Å². The number of fused-ring (bicyclic) bond motifs is 1. The topological polar surface area (TPSA) is 44.7 Å². The van der Waals surface area contributed by atoms with E-state index in [1.807, 2.05) is 6.08 Å². The van der Waals surface area contributed by atoms with Gasteiger partial charge in [-0.15, -0.1) is 0 Å². The van der Waals surface area contributed by atoms with E-state index in [-0.39, 0.29) is 11.4 Å². The maximum Gasteiger partial charge on any atom is 0.264 e. The highest BCUT2D eigenvalue weighted by molar-refractivity contribution is 8.18. The molecule has 0 radical (unpaired) electrons. The Labute approximate surface area is 214 Å². The van der Waals surface area contributed by atoms with Gasteiger partial charge in [0.05, 0.1) is 20.6 Å². The fraction of sp³-hybridized carbons (Fsp3) is 0.360. The Bertz CT molecular complexity index is 1180. The number of aliphatic imine (C=N–C) groups is 1. The van der Waals surface area contributed by atoms with Crippen molar-refractivity contribution in [2.24, 2.45) is 4.99 Å². The molecule has 1 unspecified atom stereocenters. The minimum absolute atomic E-state index is 0.0693. The van der Waals surface area contributed by atoms with Crippen molar-refractivity contribution < 1.29 is 4.79 Å². The number of amides is 1. The summed E-state index contributed by atoms with van der Waals surface area (Å²) in [6.07, 6.45) is 3.96. The number of hydrogen-bond acceptors (Lipinski definition) is 4. The summed E-state index contributed by atoms with van der Waals surface area (Å²) in [6.45, 7) is 10.0. The molecule has 174 valence electrons. The SMILES string of the molecule is CCCN1c2cc(Cl)c(/C=C3/SC(=Nc4cccc(Cl)c4Cl)NC3=O)cc2C(C)CC1(C)C. The van der Waals surface area contributed by atoms with Gasteiger partial charge < -0.3 is 10.2 Å². The monoisotopic (exact) mass is 521 g/mol. The van der Waals surface area contributed by atoms with E-state index in [2.05, 4.69) is 55.0 Å². The van der Waals surface area contributed by atoms with Crippen molar-refractivity contribution in [1.82, 2.24) is 5.32 Å². The van der Waals surface area contributed by atoms with Gasteiger partial charge in [0.15, 0.2) is 5.17 Å². The van der Waals surface area contributed by atoms with E-state index in [9.17, 15) is 4.79 Å². The fourth-order valence-electron chi connectivity index (χ4n) is 4.59. The summed E-state index contributed by atoms with van der Waals surface area (Å²) < 4.78 is 0. The Morgan fingerprint density at radius 2 is 2.00 bits per heavy atom. The molecule has 33 heavy (non-hydrogen) atoms. The molecule has 1 atom stereocenters. The maximum atomic E-state index is 12.6. The van der Waals surface area contributed by atoms with Crippen LogP contribution in [-0.2, 0) is 4.79 Å². The van der Waals surface area contributed by atoms with Crippen LogP contribution in [-0.4, -0.2) is 23.2 Å². The van der Waals surface area contributed by atoms with E-state index < -0.39 is 0 Å². The van der Waals surface area contributed by atoms with Gasteiger partial charge in [-0.2, -0.15) is 0 Å². The van der Waals surface area contributed by atoms with Crippen molar-refractivity contribution in [1.29, 1.82) is 0 Å². The third kappa shape index (κ3) is 4.93. The second kappa shape index (κ2) is 9.53. The van der Waals surface area contributed by atoms with Crippen LogP contribution in [0.5, 0.6) is 0 Å². The number of thioether (sulfide) groups is 1. The van der Waals surface area contributed by atoms with Gasteiger partial charge in [-0.05, 0) is 85.8 Å². The maximum absolute atomic E-state index is 12.6. The molecule has 1 N–H and O–H groups in total. The summed E-state index contributed by atoms with van der Waals surface area (Å²) in [5.41, 5.74) is 3.86. The zero-order chi connectivity index (χ0) is 23.9. The quantitative estimate of drug-likeness (QED) is 0.413. The first-order valence-corrected chi connectivity index (χ1v) is 12.9. The first-order chi connectivity index (χ1) is 15.6. The zero-order valence-electron chi connectivity index (χ0n) is 19.0. The molecular weight excluding hydrogens is 497 g/mol. The van der Waals surface area contributed by atoms with Crippen LogP contribution < -0.4 is 10.2 Å². The number of carbonyl (C=O) groups is 1. The Balaban J connectivity index is 1.67. The normalized spacial score (nSPS) is 22.1. The van der Waals surface area contributed by atoms with E-state index >= 15 is 0 Å². The molecule has 0 aromatic heterocycles. The Morgan fingerprint density at radius 1 is 1.24 bits per heavy atom. The number of amidine groups is 1. The number of hydrogen-bond donors (Lipinski definition) is 1. The van der Waals surface area contributed by atoms with Crippen LogP contribution in [0.25, 0.3) is 6.08 Å². The molecule has 2 aromatic carbocycles. The number of benzene rings is 2. The predicted molar refractivity (Wildman–Crippen MR) is 143 cm³/mol. The molecule has 0 aliphatic carbocycles. The van der Waals surface area contributed by atoms with Crippen molar-refractivity contribution in [3.63, 3.8) is 0 Å². The largest absolute Gasteiger partial charge is 0.366 e. The van der Waals surface area contributed by atoms with Crippen molar-refractivity contribution in [2.45, 2.75) is 52.0 Å². The number of anilines is 1. The smallest absolute Gasteiger partial charge is 0.264 e. The molecule has 2 aliphatic rings. The standard InChI is InChI=1S/C25H26Cl3N3OS/c1-5-9-31-20-12-18(27)15(10-16(20)14(2)13-25(31,3)4)11-21-23(32)30-24(33-21)29-19-8-6-7-17(26)22(19)28/h6-8,10-12,14H,5,9,13H2,1-4H3,(H,29,30,32)/b21-11+. The highest BCUT2D eigenvalue weighted by atomic mass is 35.5. The minimum atomic E-state index is -0.215. The van der Waals surface area contributed by atoms with Gasteiger partial charge >= 0.3 is 0 Å². The number of carbonyl (C=O) groups excluding carboxylic acids is 1. The van der Waals surface area contributed by atoms with E-state index in [4.69, 9.17) is 34.8 Å². The average molecular weight is 523 g/mol. The van der Waals surface area contributed by atoms with Gasteiger partial charge in [0.1, 0.15) is 0 Å². The molecule has 2 heterocycles. The van der Waals surface area contributed by atoms with Crippen LogP contribution in [0.4, 0.5) is 11.4 Å². The van der Waals surface area contributed by atoms with Gasteiger partial charge in [0, 0.05) is 22.8 Å². The summed E-state index contributed by atoms with van der Waals surface area (Å²) in [5.74, 6) is 0.178. The van der Waals surface area contributed by atoms with Crippen molar-refractivity contribution in [3.8, 4) is 0 Å². The molecular formula is C25H26Cl3N3OS. The first-order valence-electron chi connectivity index (χ1n) is 11.0. The van der Waals surface area contributed by atoms with Gasteiger partial charge in [0.2, 0.25) is 0 Å². The summed E-state index contributed by atoms with van der Waals surface area (Å²) in [5, 5.41) is 4.65. The number of nitrogens with zero attached hydrogens (tertiary/aromatic N) is 2. The molecule has 0 bridgehead atoms. The van der Waals surface area contributed by atoms with Crippen molar-refractivity contribution in [2.75, 3.05) is 11.4 Å².